The number of amides is 1. The molecule has 2 aromatic carbocycles. The molecule has 0 atom stereocenters. The first-order chi connectivity index (χ1) is 11.7. The average Bonchev–Trinajstić information content (AvgIpc) is 2.60. The number of fused-ring (bicyclic) bond motifs is 1. The summed E-state index contributed by atoms with van der Waals surface area (Å²) in [5.74, 6) is 0.592. The molecule has 0 fully saturated rings. The van der Waals surface area contributed by atoms with E-state index in [9.17, 15) is 9.59 Å². The second-order valence-electron chi connectivity index (χ2n) is 5.24. The van der Waals surface area contributed by atoms with E-state index in [2.05, 4.69) is 12.2 Å². The lowest BCUT2D eigenvalue weighted by Crippen LogP contribution is -2.27. The number of benzene rings is 2. The Bertz CT molecular complexity index is 916. The Balaban J connectivity index is 1.73. The third-order valence-corrected chi connectivity index (χ3v) is 4.47. The van der Waals surface area contributed by atoms with E-state index in [1.165, 1.54) is 4.90 Å². The summed E-state index contributed by atoms with van der Waals surface area (Å²) in [7, 11) is 0. The largest absolute Gasteiger partial charge is 0.422 e. The van der Waals surface area contributed by atoms with Crippen LogP contribution >= 0.6 is 11.8 Å². The van der Waals surface area contributed by atoms with Crippen molar-refractivity contribution in [1.82, 2.24) is 5.32 Å². The van der Waals surface area contributed by atoms with E-state index in [0.717, 1.165) is 16.7 Å². The predicted octanol–water partition coefficient (Wildman–Crippen LogP) is 3.84. The third kappa shape index (κ3) is 3.68. The fraction of sp³-hybridized carbons (Fsp3) is 0.158. The second-order valence-corrected chi connectivity index (χ2v) is 6.58. The third-order valence-electron chi connectivity index (χ3n) is 3.57. The molecule has 5 heteroatoms. The van der Waals surface area contributed by atoms with Gasteiger partial charge in [-0.1, -0.05) is 37.3 Å². The van der Waals surface area contributed by atoms with Gasteiger partial charge in [0.25, 0.3) is 5.91 Å². The van der Waals surface area contributed by atoms with Gasteiger partial charge in [0.1, 0.15) is 11.1 Å². The molecule has 1 amide bonds. The summed E-state index contributed by atoms with van der Waals surface area (Å²) in [5.41, 5.74) is 0.852. The molecule has 1 heterocycles. The van der Waals surface area contributed by atoms with Crippen LogP contribution in [0.1, 0.15) is 22.8 Å². The number of carbonyl (C=O) groups excluding carboxylic acids is 1. The van der Waals surface area contributed by atoms with E-state index >= 15 is 0 Å². The van der Waals surface area contributed by atoms with Crippen molar-refractivity contribution in [3.8, 4) is 0 Å². The average molecular weight is 339 g/mol. The van der Waals surface area contributed by atoms with Gasteiger partial charge in [-0.25, -0.2) is 4.79 Å². The van der Waals surface area contributed by atoms with Crippen molar-refractivity contribution in [3.63, 3.8) is 0 Å². The Kier molecular flexibility index (Phi) is 5.01. The Morgan fingerprint density at radius 3 is 2.62 bits per heavy atom. The summed E-state index contributed by atoms with van der Waals surface area (Å²) in [4.78, 5) is 25.4. The van der Waals surface area contributed by atoms with Crippen LogP contribution in [0.15, 0.2) is 68.7 Å². The summed E-state index contributed by atoms with van der Waals surface area (Å²) >= 11 is 1.77. The van der Waals surface area contributed by atoms with Crippen LogP contribution < -0.4 is 10.9 Å². The number of rotatable bonds is 5. The molecule has 0 aliphatic heterocycles. The molecule has 0 aliphatic rings. The number of hydrogen-bond acceptors (Lipinski definition) is 4. The van der Waals surface area contributed by atoms with Gasteiger partial charge in [0.05, 0.1) is 0 Å². The molecule has 1 aromatic heterocycles. The number of hydrogen-bond donors (Lipinski definition) is 1. The molecule has 0 bridgehead atoms. The van der Waals surface area contributed by atoms with E-state index in [1.54, 1.807) is 36.0 Å². The summed E-state index contributed by atoms with van der Waals surface area (Å²) in [6, 6.07) is 16.7. The maximum absolute atomic E-state index is 12.3. The molecule has 0 radical (unpaired) electrons. The van der Waals surface area contributed by atoms with Crippen molar-refractivity contribution in [1.29, 1.82) is 0 Å². The van der Waals surface area contributed by atoms with Crippen molar-refractivity contribution in [3.05, 3.63) is 76.1 Å². The van der Waals surface area contributed by atoms with Crippen molar-refractivity contribution in [2.75, 3.05) is 5.75 Å². The van der Waals surface area contributed by atoms with Crippen molar-refractivity contribution < 1.29 is 9.21 Å². The van der Waals surface area contributed by atoms with Gasteiger partial charge >= 0.3 is 5.63 Å². The quantitative estimate of drug-likeness (QED) is 0.567. The lowest BCUT2D eigenvalue weighted by atomic mass is 10.1. The van der Waals surface area contributed by atoms with E-state index in [4.69, 9.17) is 4.42 Å². The molecule has 4 nitrogen and oxygen atoms in total. The van der Waals surface area contributed by atoms with Gasteiger partial charge in [-0.05, 0) is 35.6 Å². The molecule has 24 heavy (non-hydrogen) atoms. The van der Waals surface area contributed by atoms with Gasteiger partial charge in [0.15, 0.2) is 0 Å². The lowest BCUT2D eigenvalue weighted by molar-refractivity contribution is 0.0947. The van der Waals surface area contributed by atoms with Gasteiger partial charge in [-0.15, -0.1) is 11.8 Å². The molecule has 0 saturated carbocycles. The molecule has 0 saturated heterocycles. The molecule has 0 unspecified atom stereocenters. The van der Waals surface area contributed by atoms with Crippen LogP contribution in [0.5, 0.6) is 0 Å². The predicted molar refractivity (Wildman–Crippen MR) is 96.5 cm³/mol. The maximum atomic E-state index is 12.3. The first kappa shape index (κ1) is 16.3. The molecule has 3 rings (SSSR count). The molecule has 3 aromatic rings. The van der Waals surface area contributed by atoms with E-state index in [0.29, 0.717) is 12.1 Å². The van der Waals surface area contributed by atoms with E-state index < -0.39 is 11.5 Å². The number of carbonyl (C=O) groups is 1. The zero-order chi connectivity index (χ0) is 16.9. The second kappa shape index (κ2) is 7.36. The van der Waals surface area contributed by atoms with Crippen LogP contribution in [0.25, 0.3) is 11.0 Å². The van der Waals surface area contributed by atoms with E-state index in [1.807, 2.05) is 30.3 Å². The molecule has 0 spiro atoms. The van der Waals surface area contributed by atoms with Gasteiger partial charge < -0.3 is 9.73 Å². The number of nitrogens with one attached hydrogen (secondary N) is 1. The van der Waals surface area contributed by atoms with Crippen LogP contribution in [0.4, 0.5) is 0 Å². The minimum atomic E-state index is -0.624. The van der Waals surface area contributed by atoms with Gasteiger partial charge in [-0.2, -0.15) is 0 Å². The maximum Gasteiger partial charge on any atom is 0.349 e. The summed E-state index contributed by atoms with van der Waals surface area (Å²) < 4.78 is 5.19. The minimum Gasteiger partial charge on any atom is -0.422 e. The fourth-order valence-corrected chi connectivity index (χ4v) is 3.03. The Morgan fingerprint density at radius 2 is 1.88 bits per heavy atom. The molecule has 122 valence electrons. The SMILES string of the molecule is CCSc1ccc(CNC(=O)c2cc3ccccc3oc2=O)cc1. The molecule has 1 N–H and O–H groups in total. The van der Waals surface area contributed by atoms with Crippen molar-refractivity contribution in [2.24, 2.45) is 0 Å². The normalized spacial score (nSPS) is 10.7. The Labute approximate surface area is 143 Å². The highest BCUT2D eigenvalue weighted by molar-refractivity contribution is 7.99. The lowest BCUT2D eigenvalue weighted by Gasteiger charge is -2.06. The van der Waals surface area contributed by atoms with Gasteiger partial charge in [-0.3, -0.25) is 4.79 Å². The van der Waals surface area contributed by atoms with Crippen LogP contribution in [-0.2, 0) is 6.54 Å². The first-order valence-electron chi connectivity index (χ1n) is 7.70. The fourth-order valence-electron chi connectivity index (χ4n) is 2.37. The minimum absolute atomic E-state index is 0.0202. The summed E-state index contributed by atoms with van der Waals surface area (Å²) in [6.07, 6.45) is 0. The monoisotopic (exact) mass is 339 g/mol. The zero-order valence-electron chi connectivity index (χ0n) is 13.2. The Morgan fingerprint density at radius 1 is 1.12 bits per heavy atom. The molecular formula is C19H17NO3S. The highest BCUT2D eigenvalue weighted by Gasteiger charge is 2.13. The topological polar surface area (TPSA) is 59.3 Å². The van der Waals surface area contributed by atoms with E-state index in [-0.39, 0.29) is 5.56 Å². The Hall–Kier alpha value is -2.53. The van der Waals surface area contributed by atoms with Crippen LogP contribution in [0.2, 0.25) is 0 Å². The number of thioether (sulfide) groups is 1. The van der Waals surface area contributed by atoms with Crippen LogP contribution in [0.3, 0.4) is 0 Å². The van der Waals surface area contributed by atoms with Crippen molar-refractivity contribution >= 4 is 28.6 Å². The molecule has 0 aliphatic carbocycles. The molecular weight excluding hydrogens is 322 g/mol. The standard InChI is InChI=1S/C19H17NO3S/c1-2-24-15-9-7-13(8-10-15)12-20-18(21)16-11-14-5-3-4-6-17(14)23-19(16)22/h3-11H,2,12H2,1H3,(H,20,21). The van der Waals surface area contributed by atoms with Crippen LogP contribution in [-0.4, -0.2) is 11.7 Å². The highest BCUT2D eigenvalue weighted by atomic mass is 32.2. The summed E-state index contributed by atoms with van der Waals surface area (Å²) in [5, 5.41) is 3.49. The highest BCUT2D eigenvalue weighted by Crippen LogP contribution is 2.17. The smallest absolute Gasteiger partial charge is 0.349 e. The van der Waals surface area contributed by atoms with Gasteiger partial charge in [0, 0.05) is 16.8 Å². The zero-order valence-corrected chi connectivity index (χ0v) is 14.1. The van der Waals surface area contributed by atoms with Crippen LogP contribution in [0, 0.1) is 0 Å². The van der Waals surface area contributed by atoms with Gasteiger partial charge in [0.2, 0.25) is 0 Å². The first-order valence-corrected chi connectivity index (χ1v) is 8.69. The van der Waals surface area contributed by atoms with Crippen molar-refractivity contribution in [2.45, 2.75) is 18.4 Å². The number of para-hydroxylation sites is 1. The summed E-state index contributed by atoms with van der Waals surface area (Å²) in [6.45, 7) is 2.47.